The highest BCUT2D eigenvalue weighted by molar-refractivity contribution is 6.07. The third kappa shape index (κ3) is 4.05. The van der Waals surface area contributed by atoms with Gasteiger partial charge in [-0.05, 0) is 60.8 Å². The highest BCUT2D eigenvalue weighted by Gasteiger charge is 2.58. The Balaban J connectivity index is 1.33. The zero-order chi connectivity index (χ0) is 23.0. The smallest absolute Gasteiger partial charge is 0.309 e. The molecule has 1 aliphatic carbocycles. The molecule has 33 heavy (non-hydrogen) atoms. The number of carbonyl (C=O) groups excluding carboxylic acids is 2. The van der Waals surface area contributed by atoms with Crippen LogP contribution in [0, 0.1) is 5.92 Å². The minimum Gasteiger partial charge on any atom is -0.309 e. The van der Waals surface area contributed by atoms with Crippen molar-refractivity contribution in [1.29, 1.82) is 0 Å². The van der Waals surface area contributed by atoms with E-state index in [0.29, 0.717) is 37.9 Å². The number of rotatable bonds is 6. The molecule has 1 aromatic heterocycles. The second kappa shape index (κ2) is 8.90. The van der Waals surface area contributed by atoms with Crippen LogP contribution in [-0.4, -0.2) is 62.8 Å². The van der Waals surface area contributed by atoms with E-state index >= 15 is 0 Å². The van der Waals surface area contributed by atoms with Crippen LogP contribution in [0.4, 0.5) is 4.79 Å². The predicted molar refractivity (Wildman–Crippen MR) is 128 cm³/mol. The number of nitrogens with zero attached hydrogens (tertiary/aromatic N) is 4. The Bertz CT molecular complexity index is 989. The van der Waals surface area contributed by atoms with Crippen molar-refractivity contribution in [3.63, 3.8) is 0 Å². The maximum atomic E-state index is 13.8. The van der Waals surface area contributed by atoms with Gasteiger partial charge in [0.2, 0.25) is 0 Å². The van der Waals surface area contributed by atoms with Gasteiger partial charge in [-0.15, -0.1) is 0 Å². The fourth-order valence-corrected chi connectivity index (χ4v) is 5.83. The van der Waals surface area contributed by atoms with Gasteiger partial charge in [0.25, 0.3) is 5.91 Å². The second-order valence-corrected chi connectivity index (χ2v) is 10.3. The van der Waals surface area contributed by atoms with Crippen molar-refractivity contribution in [1.82, 2.24) is 19.7 Å². The highest BCUT2D eigenvalue weighted by atomic mass is 16.2. The molecular weight excluding hydrogens is 412 g/mol. The molecule has 5 rings (SSSR count). The summed E-state index contributed by atoms with van der Waals surface area (Å²) in [5.74, 6) is 0.462. The Morgan fingerprint density at radius 2 is 1.73 bits per heavy atom. The summed E-state index contributed by atoms with van der Waals surface area (Å²) in [4.78, 5) is 37.4. The zero-order valence-electron chi connectivity index (χ0n) is 19.7. The Kier molecular flexibility index (Phi) is 5.95. The van der Waals surface area contributed by atoms with E-state index in [1.54, 1.807) is 12.4 Å². The molecular formula is C27H34N4O2. The Morgan fingerprint density at radius 3 is 2.33 bits per heavy atom. The summed E-state index contributed by atoms with van der Waals surface area (Å²) >= 11 is 0. The van der Waals surface area contributed by atoms with Crippen molar-refractivity contribution in [3.05, 3.63) is 65.5 Å². The Labute approximate surface area is 196 Å². The molecule has 3 aliphatic rings. The normalized spacial score (nSPS) is 20.9. The third-order valence-corrected chi connectivity index (χ3v) is 7.79. The summed E-state index contributed by atoms with van der Waals surface area (Å²) in [6, 6.07) is 12.9. The first-order valence-electron chi connectivity index (χ1n) is 12.3. The van der Waals surface area contributed by atoms with E-state index in [9.17, 15) is 9.59 Å². The van der Waals surface area contributed by atoms with E-state index in [2.05, 4.69) is 48.0 Å². The number of aromatic nitrogens is 1. The molecule has 2 saturated heterocycles. The minimum atomic E-state index is -0.698. The van der Waals surface area contributed by atoms with Crippen LogP contribution in [0.15, 0.2) is 48.8 Å². The lowest BCUT2D eigenvalue weighted by atomic mass is 9.84. The fraction of sp³-hybridized carbons (Fsp3) is 0.519. The number of fused-ring (bicyclic) bond motifs is 1. The number of likely N-dealkylation sites (tertiary alicyclic amines) is 1. The van der Waals surface area contributed by atoms with Gasteiger partial charge in [0.15, 0.2) is 0 Å². The van der Waals surface area contributed by atoms with Gasteiger partial charge in [-0.1, -0.05) is 44.2 Å². The summed E-state index contributed by atoms with van der Waals surface area (Å²) in [5, 5.41) is 0. The van der Waals surface area contributed by atoms with E-state index in [0.717, 1.165) is 37.9 Å². The molecule has 2 aliphatic heterocycles. The van der Waals surface area contributed by atoms with Crippen molar-refractivity contribution in [2.45, 2.75) is 64.1 Å². The molecule has 3 heterocycles. The quantitative estimate of drug-likeness (QED) is 0.632. The maximum Gasteiger partial charge on any atom is 0.327 e. The summed E-state index contributed by atoms with van der Waals surface area (Å²) in [7, 11) is 0. The lowest BCUT2D eigenvalue weighted by molar-refractivity contribution is -0.136. The number of pyridine rings is 1. The average molecular weight is 447 g/mol. The molecule has 174 valence electrons. The first kappa shape index (κ1) is 22.1. The van der Waals surface area contributed by atoms with Crippen molar-refractivity contribution in [2.24, 2.45) is 5.92 Å². The molecule has 6 heteroatoms. The average Bonchev–Trinajstić information content (AvgIpc) is 3.33. The number of carbonyl (C=O) groups is 2. The number of hydrogen-bond donors (Lipinski definition) is 0. The number of piperidine rings is 1. The first-order valence-corrected chi connectivity index (χ1v) is 12.3. The standard InChI is InChI=1S/C27H34N4O2/c1-20(2)9-13-31-26(33)30(19-21-6-5-12-28-18-21)25(32)27(31)10-14-29(15-11-27)24-16-22-7-3-4-8-23(22)17-24/h3-8,12,18,20,24H,9-11,13-17,19H2,1-2H3. The first-order chi connectivity index (χ1) is 16.0. The molecule has 1 spiro atoms. The third-order valence-electron chi connectivity index (χ3n) is 7.79. The van der Waals surface area contributed by atoms with Gasteiger partial charge in [-0.3, -0.25) is 19.6 Å². The number of imide groups is 1. The van der Waals surface area contributed by atoms with E-state index in [4.69, 9.17) is 0 Å². The predicted octanol–water partition coefficient (Wildman–Crippen LogP) is 3.89. The van der Waals surface area contributed by atoms with E-state index < -0.39 is 5.54 Å². The topological polar surface area (TPSA) is 56.8 Å². The van der Waals surface area contributed by atoms with Gasteiger partial charge in [0.05, 0.1) is 6.54 Å². The van der Waals surface area contributed by atoms with E-state index in [-0.39, 0.29) is 11.9 Å². The second-order valence-electron chi connectivity index (χ2n) is 10.3. The molecule has 2 fully saturated rings. The van der Waals surface area contributed by atoms with Crippen LogP contribution >= 0.6 is 0 Å². The summed E-state index contributed by atoms with van der Waals surface area (Å²) in [6.07, 6.45) is 7.96. The molecule has 6 nitrogen and oxygen atoms in total. The van der Waals surface area contributed by atoms with Crippen LogP contribution in [0.2, 0.25) is 0 Å². The molecule has 0 radical (unpaired) electrons. The van der Waals surface area contributed by atoms with Crippen LogP contribution in [0.5, 0.6) is 0 Å². The summed E-state index contributed by atoms with van der Waals surface area (Å²) in [6.45, 7) is 6.99. The minimum absolute atomic E-state index is 0.0190. The van der Waals surface area contributed by atoms with Crippen LogP contribution in [0.3, 0.4) is 0 Å². The van der Waals surface area contributed by atoms with Crippen molar-refractivity contribution in [3.8, 4) is 0 Å². The number of amides is 3. The van der Waals surface area contributed by atoms with Gasteiger partial charge < -0.3 is 4.90 Å². The van der Waals surface area contributed by atoms with Crippen molar-refractivity contribution in [2.75, 3.05) is 19.6 Å². The molecule has 0 N–H and O–H groups in total. The van der Waals surface area contributed by atoms with E-state index in [1.807, 2.05) is 17.0 Å². The summed E-state index contributed by atoms with van der Waals surface area (Å²) < 4.78 is 0. The fourth-order valence-electron chi connectivity index (χ4n) is 5.83. The Hall–Kier alpha value is -2.73. The van der Waals surface area contributed by atoms with Gasteiger partial charge in [-0.2, -0.15) is 0 Å². The van der Waals surface area contributed by atoms with Crippen LogP contribution in [0.1, 0.15) is 49.8 Å². The lowest BCUT2D eigenvalue weighted by Gasteiger charge is -2.44. The number of urea groups is 1. The zero-order valence-corrected chi connectivity index (χ0v) is 19.7. The Morgan fingerprint density at radius 1 is 1.03 bits per heavy atom. The highest BCUT2D eigenvalue weighted by Crippen LogP contribution is 2.40. The molecule has 0 bridgehead atoms. The molecule has 0 unspecified atom stereocenters. The van der Waals surface area contributed by atoms with Gasteiger partial charge in [-0.25, -0.2) is 4.79 Å². The maximum absolute atomic E-state index is 13.8. The molecule has 1 aromatic carbocycles. The van der Waals surface area contributed by atoms with Crippen molar-refractivity contribution >= 4 is 11.9 Å². The van der Waals surface area contributed by atoms with Gasteiger partial charge >= 0.3 is 6.03 Å². The number of benzene rings is 1. The summed E-state index contributed by atoms with van der Waals surface area (Å²) in [5.41, 5.74) is 3.10. The van der Waals surface area contributed by atoms with Crippen LogP contribution in [0.25, 0.3) is 0 Å². The molecule has 0 saturated carbocycles. The van der Waals surface area contributed by atoms with Gasteiger partial charge in [0.1, 0.15) is 5.54 Å². The van der Waals surface area contributed by atoms with E-state index in [1.165, 1.54) is 16.0 Å². The molecule has 3 amide bonds. The van der Waals surface area contributed by atoms with Crippen molar-refractivity contribution < 1.29 is 9.59 Å². The number of hydrogen-bond acceptors (Lipinski definition) is 4. The SMILES string of the molecule is CC(C)CCN1C(=O)N(Cc2cccnc2)C(=O)C12CCN(C1Cc3ccccc3C1)CC2. The molecule has 2 aromatic rings. The monoisotopic (exact) mass is 446 g/mol. The van der Waals surface area contributed by atoms with Crippen LogP contribution < -0.4 is 0 Å². The molecule has 0 atom stereocenters. The largest absolute Gasteiger partial charge is 0.327 e. The lowest BCUT2D eigenvalue weighted by Crippen LogP contribution is -2.58. The van der Waals surface area contributed by atoms with Crippen LogP contribution in [-0.2, 0) is 24.2 Å². The van der Waals surface area contributed by atoms with Gasteiger partial charge in [0, 0.05) is 38.1 Å².